The smallest absolute Gasteiger partial charge is 0.344 e. The van der Waals surface area contributed by atoms with Crippen molar-refractivity contribution in [3.63, 3.8) is 0 Å². The topological polar surface area (TPSA) is 55.4 Å². The van der Waals surface area contributed by atoms with Crippen molar-refractivity contribution in [2.24, 2.45) is 0 Å². The number of rotatable bonds is 15. The lowest BCUT2D eigenvalue weighted by Gasteiger charge is -2.10. The normalized spacial score (nSPS) is 12.0. The van der Waals surface area contributed by atoms with Crippen molar-refractivity contribution in [1.29, 1.82) is 0 Å². The maximum absolute atomic E-state index is 11.6. The molecule has 0 saturated heterocycles. The Labute approximate surface area is 146 Å². The molecule has 0 aliphatic rings. The van der Waals surface area contributed by atoms with E-state index in [-0.39, 0.29) is 12.5 Å². The number of hydrogen-bond acceptors (Lipinski definition) is 3. The highest BCUT2D eigenvalue weighted by Gasteiger charge is 2.18. The van der Waals surface area contributed by atoms with Crippen LogP contribution in [0.4, 0.5) is 0 Å². The fraction of sp³-hybridized carbons (Fsp3) is 0.889. The van der Waals surface area contributed by atoms with Gasteiger partial charge in [-0.3, -0.25) is 4.79 Å². The largest absolute Gasteiger partial charge is 0.464 e. The molecule has 4 nitrogen and oxygen atoms in total. The van der Waals surface area contributed by atoms with Gasteiger partial charge in [-0.1, -0.05) is 82.7 Å². The molecule has 0 saturated carbocycles. The lowest BCUT2D eigenvalue weighted by Crippen LogP contribution is -2.37. The number of nitrogens with one attached hydrogen (secondary N) is 1. The summed E-state index contributed by atoms with van der Waals surface area (Å²) in [7, 11) is 0. The molecule has 1 amide bonds. The molecule has 0 bridgehead atoms. The SMILES string of the molecule is CCCCCCCCCCCCCC(=O)N[C@@H](Cl)C(=O)OCC. The van der Waals surface area contributed by atoms with Crippen LogP contribution in [0.3, 0.4) is 0 Å². The van der Waals surface area contributed by atoms with Gasteiger partial charge in [0.1, 0.15) is 0 Å². The summed E-state index contributed by atoms with van der Waals surface area (Å²) >= 11 is 5.74. The van der Waals surface area contributed by atoms with Gasteiger partial charge in [0.25, 0.3) is 0 Å². The Hall–Kier alpha value is -0.770. The minimum Gasteiger partial charge on any atom is -0.464 e. The Morgan fingerprint density at radius 2 is 1.35 bits per heavy atom. The van der Waals surface area contributed by atoms with E-state index in [9.17, 15) is 9.59 Å². The van der Waals surface area contributed by atoms with Crippen molar-refractivity contribution in [3.8, 4) is 0 Å². The summed E-state index contributed by atoms with van der Waals surface area (Å²) in [6, 6.07) is 0. The van der Waals surface area contributed by atoms with E-state index in [1.807, 2.05) is 0 Å². The molecule has 0 radical (unpaired) electrons. The molecule has 5 heteroatoms. The van der Waals surface area contributed by atoms with Crippen LogP contribution in [0.25, 0.3) is 0 Å². The molecule has 1 N–H and O–H groups in total. The van der Waals surface area contributed by atoms with Crippen molar-refractivity contribution < 1.29 is 14.3 Å². The number of halogens is 1. The van der Waals surface area contributed by atoms with Crippen LogP contribution in [0, 0.1) is 0 Å². The Bertz CT molecular complexity index is 311. The van der Waals surface area contributed by atoms with Crippen LogP contribution in [0.15, 0.2) is 0 Å². The first-order chi connectivity index (χ1) is 11.1. The standard InChI is InChI=1S/C18H34ClNO3/c1-3-5-6-7-8-9-10-11-12-13-14-15-16(21)20-17(19)18(22)23-4-2/h17H,3-15H2,1-2H3,(H,20,21)/t17-/m1/s1. The fourth-order valence-electron chi connectivity index (χ4n) is 2.44. The predicted octanol–water partition coefficient (Wildman–Crippen LogP) is 4.93. The van der Waals surface area contributed by atoms with Gasteiger partial charge in [-0.2, -0.15) is 0 Å². The van der Waals surface area contributed by atoms with E-state index in [1.54, 1.807) is 6.92 Å². The first-order valence-corrected chi connectivity index (χ1v) is 9.65. The van der Waals surface area contributed by atoms with Gasteiger partial charge >= 0.3 is 5.97 Å². The van der Waals surface area contributed by atoms with E-state index >= 15 is 0 Å². The molecule has 0 rings (SSSR count). The molecule has 0 heterocycles. The molecular formula is C18H34ClNO3. The molecule has 1 atom stereocenters. The van der Waals surface area contributed by atoms with E-state index in [1.165, 1.54) is 57.8 Å². The van der Waals surface area contributed by atoms with E-state index < -0.39 is 11.5 Å². The van der Waals surface area contributed by atoms with Crippen molar-refractivity contribution in [3.05, 3.63) is 0 Å². The van der Waals surface area contributed by atoms with Gasteiger partial charge in [-0.05, 0) is 13.3 Å². The second-order valence-corrected chi connectivity index (χ2v) is 6.40. The van der Waals surface area contributed by atoms with Crippen LogP contribution in [0.5, 0.6) is 0 Å². The number of alkyl halides is 1. The van der Waals surface area contributed by atoms with Gasteiger partial charge in [-0.15, -0.1) is 0 Å². The average molecular weight is 348 g/mol. The van der Waals surface area contributed by atoms with Crippen LogP contribution < -0.4 is 5.32 Å². The van der Waals surface area contributed by atoms with Crippen molar-refractivity contribution in [1.82, 2.24) is 5.32 Å². The van der Waals surface area contributed by atoms with Gasteiger partial charge in [0, 0.05) is 6.42 Å². The monoisotopic (exact) mass is 347 g/mol. The molecule has 136 valence electrons. The molecule has 0 aliphatic carbocycles. The van der Waals surface area contributed by atoms with Gasteiger partial charge in [-0.25, -0.2) is 4.79 Å². The van der Waals surface area contributed by atoms with Gasteiger partial charge in [0.05, 0.1) is 6.61 Å². The number of esters is 1. The third-order valence-corrected chi connectivity index (χ3v) is 4.08. The van der Waals surface area contributed by atoms with Gasteiger partial charge in [0.15, 0.2) is 0 Å². The van der Waals surface area contributed by atoms with Crippen molar-refractivity contribution >= 4 is 23.5 Å². The zero-order chi connectivity index (χ0) is 17.3. The molecule has 0 aliphatic heterocycles. The predicted molar refractivity (Wildman–Crippen MR) is 95.5 cm³/mol. The minimum atomic E-state index is -1.07. The summed E-state index contributed by atoms with van der Waals surface area (Å²) in [5, 5.41) is 2.45. The van der Waals surface area contributed by atoms with Crippen LogP contribution in [-0.2, 0) is 14.3 Å². The van der Waals surface area contributed by atoms with Gasteiger partial charge < -0.3 is 10.1 Å². The summed E-state index contributed by atoms with van der Waals surface area (Å²) < 4.78 is 4.73. The third-order valence-electron chi connectivity index (χ3n) is 3.79. The molecule has 0 aromatic carbocycles. The Morgan fingerprint density at radius 3 is 1.83 bits per heavy atom. The molecule has 0 fully saturated rings. The number of ether oxygens (including phenoxy) is 1. The van der Waals surface area contributed by atoms with Crippen LogP contribution in [0.1, 0.15) is 90.9 Å². The Morgan fingerprint density at radius 1 is 0.870 bits per heavy atom. The summed E-state index contributed by atoms with van der Waals surface area (Å²) in [5.41, 5.74) is -1.07. The zero-order valence-corrected chi connectivity index (χ0v) is 15.6. The molecule has 23 heavy (non-hydrogen) atoms. The van der Waals surface area contributed by atoms with E-state index in [0.29, 0.717) is 6.42 Å². The van der Waals surface area contributed by atoms with E-state index in [2.05, 4.69) is 12.2 Å². The van der Waals surface area contributed by atoms with E-state index in [0.717, 1.165) is 12.8 Å². The van der Waals surface area contributed by atoms with Crippen molar-refractivity contribution in [2.45, 2.75) is 96.4 Å². The lowest BCUT2D eigenvalue weighted by molar-refractivity contribution is -0.144. The quantitative estimate of drug-likeness (QED) is 0.198. The maximum Gasteiger partial charge on any atom is 0.344 e. The average Bonchev–Trinajstić information content (AvgIpc) is 2.52. The maximum atomic E-state index is 11.6. The highest BCUT2D eigenvalue weighted by atomic mass is 35.5. The summed E-state index contributed by atoms with van der Waals surface area (Å²) in [6.07, 6.45) is 14.1. The highest BCUT2D eigenvalue weighted by Crippen LogP contribution is 2.12. The first-order valence-electron chi connectivity index (χ1n) is 9.21. The molecular weight excluding hydrogens is 314 g/mol. The first kappa shape index (κ1) is 22.2. The highest BCUT2D eigenvalue weighted by molar-refractivity contribution is 6.30. The molecule has 0 spiro atoms. The summed E-state index contributed by atoms with van der Waals surface area (Å²) in [6.45, 7) is 4.20. The van der Waals surface area contributed by atoms with Gasteiger partial charge in [0.2, 0.25) is 11.4 Å². The number of carbonyl (C=O) groups excluding carboxylic acids is 2. The molecule has 0 unspecified atom stereocenters. The van der Waals surface area contributed by atoms with E-state index in [4.69, 9.17) is 16.3 Å². The lowest BCUT2D eigenvalue weighted by atomic mass is 10.1. The molecule has 0 aromatic rings. The second-order valence-electron chi connectivity index (χ2n) is 5.97. The fourth-order valence-corrected chi connectivity index (χ4v) is 2.62. The Kier molecular flexibility index (Phi) is 15.6. The number of unbranched alkanes of at least 4 members (excludes halogenated alkanes) is 10. The van der Waals surface area contributed by atoms with Crippen molar-refractivity contribution in [2.75, 3.05) is 6.61 Å². The summed E-state index contributed by atoms with van der Waals surface area (Å²) in [4.78, 5) is 22.9. The Balaban J connectivity index is 3.37. The van der Waals surface area contributed by atoms with Crippen LogP contribution in [-0.4, -0.2) is 24.0 Å². The summed E-state index contributed by atoms with van der Waals surface area (Å²) in [5.74, 6) is -0.782. The number of carbonyl (C=O) groups is 2. The zero-order valence-electron chi connectivity index (χ0n) is 14.9. The number of hydrogen-bond donors (Lipinski definition) is 1. The third kappa shape index (κ3) is 14.5. The molecule has 0 aromatic heterocycles. The minimum absolute atomic E-state index is 0.186. The van der Waals surface area contributed by atoms with Crippen LogP contribution >= 0.6 is 11.6 Å². The second kappa shape index (κ2) is 16.1. The number of amides is 1. The van der Waals surface area contributed by atoms with Crippen LogP contribution in [0.2, 0.25) is 0 Å².